The van der Waals surface area contributed by atoms with Gasteiger partial charge in [-0.2, -0.15) is 70.8 Å². The lowest BCUT2D eigenvalue weighted by Crippen LogP contribution is -2.72. The fraction of sp³-hybridized carbons (Fsp3) is 0.471. The zero-order valence-electron chi connectivity index (χ0n) is 18.2. The van der Waals surface area contributed by atoms with Gasteiger partial charge in [-0.05, 0) is 6.07 Å². The first-order chi connectivity index (χ1) is 18.1. The Morgan fingerprint density at radius 1 is 0.756 bits per heavy atom. The second-order valence-electron chi connectivity index (χ2n) is 7.52. The van der Waals surface area contributed by atoms with E-state index in [1.807, 2.05) is 5.16 Å². The maximum atomic E-state index is 14.2. The number of halogens is 18. The van der Waals surface area contributed by atoms with Gasteiger partial charge in [0, 0.05) is 0 Å². The summed E-state index contributed by atoms with van der Waals surface area (Å²) in [6.45, 7) is -1.26. The number of anilines is 1. The molecular weight excluding hydrogens is 636 g/mol. The van der Waals surface area contributed by atoms with E-state index in [9.17, 15) is 83.8 Å². The number of nitrogens with zero attached hydrogens (tertiary/aromatic N) is 2. The van der Waals surface area contributed by atoms with Crippen molar-refractivity contribution >= 4 is 11.7 Å². The van der Waals surface area contributed by atoms with Gasteiger partial charge in [-0.25, -0.2) is 13.2 Å². The lowest BCUT2D eigenvalue weighted by molar-refractivity contribution is -0.454. The molecule has 0 aliphatic heterocycles. The predicted octanol–water partition coefficient (Wildman–Crippen LogP) is 6.48. The highest BCUT2D eigenvalue weighted by atomic mass is 19.4. The van der Waals surface area contributed by atoms with E-state index >= 15 is 0 Å². The number of aromatic nitrogens is 2. The minimum absolute atomic E-state index is 0.265. The summed E-state index contributed by atoms with van der Waals surface area (Å²) in [6.07, 6.45) is -7.80. The maximum Gasteiger partial charge on any atom is 0.460 e. The Bertz CT molecular complexity index is 1320. The van der Waals surface area contributed by atoms with Crippen molar-refractivity contribution in [2.24, 2.45) is 0 Å². The maximum absolute atomic E-state index is 14.2. The Kier molecular flexibility index (Phi) is 7.97. The third kappa shape index (κ3) is 4.82. The molecule has 0 amide bonds. The van der Waals surface area contributed by atoms with Crippen molar-refractivity contribution in [1.82, 2.24) is 10.1 Å². The van der Waals surface area contributed by atoms with Crippen LogP contribution >= 0.6 is 0 Å². The number of carboxylic acid groups (broad SMARTS) is 1. The molecule has 2 rings (SSSR count). The topological polar surface area (TPSA) is 88.2 Å². The van der Waals surface area contributed by atoms with Crippen LogP contribution < -0.4 is 5.32 Å². The number of carbonyl (C=O) groups is 1. The molecule has 1 aromatic heterocycles. The van der Waals surface area contributed by atoms with Crippen molar-refractivity contribution in [2.45, 2.75) is 41.7 Å². The monoisotopic (exact) mass is 641 g/mol. The molecule has 0 saturated carbocycles. The molecule has 1 heterocycles. The van der Waals surface area contributed by atoms with Crippen LogP contribution in [0.1, 0.15) is 5.82 Å². The highest BCUT2D eigenvalue weighted by molar-refractivity contribution is 5.73. The predicted molar refractivity (Wildman–Crippen MR) is 90.4 cm³/mol. The van der Waals surface area contributed by atoms with E-state index in [4.69, 9.17) is 5.11 Å². The number of rotatable bonds is 10. The number of hydrogen-bond donors (Lipinski definition) is 2. The van der Waals surface area contributed by atoms with Gasteiger partial charge < -0.3 is 14.9 Å². The summed E-state index contributed by atoms with van der Waals surface area (Å²) < 4.78 is 246. The van der Waals surface area contributed by atoms with Crippen LogP contribution in [0.3, 0.4) is 0 Å². The molecule has 0 radical (unpaired) electrons. The highest BCUT2D eigenvalue weighted by Gasteiger charge is 2.93. The van der Waals surface area contributed by atoms with Crippen molar-refractivity contribution in [2.75, 3.05) is 11.9 Å². The average Bonchev–Trinajstić information content (AvgIpc) is 3.30. The molecule has 6 nitrogen and oxygen atoms in total. The number of carboxylic acids is 1. The van der Waals surface area contributed by atoms with Gasteiger partial charge >= 0.3 is 47.7 Å². The molecule has 0 bridgehead atoms. The van der Waals surface area contributed by atoms with Gasteiger partial charge in [-0.3, -0.25) is 4.79 Å². The molecule has 0 unspecified atom stereocenters. The first-order valence-corrected chi connectivity index (χ1v) is 9.42. The van der Waals surface area contributed by atoms with Crippen LogP contribution in [0.4, 0.5) is 84.7 Å². The van der Waals surface area contributed by atoms with Crippen molar-refractivity contribution in [3.05, 3.63) is 29.3 Å². The molecule has 24 heteroatoms. The summed E-state index contributed by atoms with van der Waals surface area (Å²) >= 11 is 0. The fourth-order valence-corrected chi connectivity index (χ4v) is 2.64. The highest BCUT2D eigenvalue weighted by Crippen LogP contribution is 2.63. The zero-order chi connectivity index (χ0) is 32.4. The van der Waals surface area contributed by atoms with Gasteiger partial charge in [0.05, 0.1) is 5.56 Å². The molecule has 1 aromatic carbocycles. The third-order valence-electron chi connectivity index (χ3n) is 4.84. The summed E-state index contributed by atoms with van der Waals surface area (Å²) in [7, 11) is 0. The van der Waals surface area contributed by atoms with E-state index in [0.29, 0.717) is 0 Å². The minimum Gasteiger partial charge on any atom is -0.480 e. The average molecular weight is 641 g/mol. The Morgan fingerprint density at radius 3 is 1.68 bits per heavy atom. The fourth-order valence-electron chi connectivity index (χ4n) is 2.64. The molecule has 232 valence electrons. The van der Waals surface area contributed by atoms with Crippen LogP contribution in [0.5, 0.6) is 0 Å². The van der Waals surface area contributed by atoms with Gasteiger partial charge in [-0.1, -0.05) is 5.16 Å². The number of aliphatic carboxylic acids is 1. The normalized spacial score (nSPS) is 14.4. The lowest BCUT2D eigenvalue weighted by atomic mass is 9.91. The second-order valence-corrected chi connectivity index (χ2v) is 7.52. The molecule has 41 heavy (non-hydrogen) atoms. The van der Waals surface area contributed by atoms with Crippen LogP contribution in [0, 0.1) is 17.5 Å². The van der Waals surface area contributed by atoms with Gasteiger partial charge in [-0.15, -0.1) is 0 Å². The molecule has 0 atom stereocenters. The van der Waals surface area contributed by atoms with E-state index in [1.165, 1.54) is 5.32 Å². The minimum atomic E-state index is -8.60. The van der Waals surface area contributed by atoms with E-state index in [1.54, 1.807) is 0 Å². The SMILES string of the molecule is O=C(O)CNc1c(F)cc(-c2nc(C(F)(F)C(F)(F)C(F)(F)C(F)(F)C(F)(F)C(F)(F)C(F)(F)F)no2)c(F)c1F. The molecule has 2 N–H and O–H groups in total. The molecule has 2 aromatic rings. The van der Waals surface area contributed by atoms with Crippen LogP contribution in [-0.4, -0.2) is 63.6 Å². The van der Waals surface area contributed by atoms with Crippen molar-refractivity contribution < 1.29 is 93.5 Å². The summed E-state index contributed by atoms with van der Waals surface area (Å²) in [5, 5.41) is 11.8. The largest absolute Gasteiger partial charge is 0.480 e. The lowest BCUT2D eigenvalue weighted by Gasteiger charge is -2.40. The third-order valence-corrected chi connectivity index (χ3v) is 4.84. The number of alkyl halides is 15. The molecule has 0 spiro atoms. The van der Waals surface area contributed by atoms with Crippen LogP contribution in [0.15, 0.2) is 10.6 Å². The van der Waals surface area contributed by atoms with E-state index in [2.05, 4.69) is 9.51 Å². The van der Waals surface area contributed by atoms with Gasteiger partial charge in [0.25, 0.3) is 5.89 Å². The van der Waals surface area contributed by atoms with E-state index < -0.39 is 94.6 Å². The standard InChI is InChI=1S/C17H5F18N3O3/c18-4-1-3(6(19)7(20)8(4)36-2-5(39)40)9-37-10(38-41-9)11(21,22)12(23,24)13(25,26)14(27,28)15(29,30)16(31,32)17(33,34)35/h1,36H,2H2,(H,39,40). The van der Waals surface area contributed by atoms with Crippen LogP contribution in [0.2, 0.25) is 0 Å². The smallest absolute Gasteiger partial charge is 0.460 e. The Hall–Kier alpha value is -3.63. The van der Waals surface area contributed by atoms with E-state index in [-0.39, 0.29) is 6.07 Å². The Morgan fingerprint density at radius 2 is 1.22 bits per heavy atom. The first kappa shape index (κ1) is 33.6. The molecular formula is C17H5F18N3O3. The van der Waals surface area contributed by atoms with Crippen molar-refractivity contribution in [1.29, 1.82) is 0 Å². The number of hydrogen-bond acceptors (Lipinski definition) is 5. The number of nitrogens with one attached hydrogen (secondary N) is 1. The molecule has 0 saturated heterocycles. The first-order valence-electron chi connectivity index (χ1n) is 9.42. The zero-order valence-corrected chi connectivity index (χ0v) is 18.2. The quantitative estimate of drug-likeness (QED) is 0.228. The van der Waals surface area contributed by atoms with Gasteiger partial charge in [0.15, 0.2) is 11.6 Å². The van der Waals surface area contributed by atoms with Gasteiger partial charge in [0.2, 0.25) is 5.82 Å². The van der Waals surface area contributed by atoms with E-state index in [0.717, 1.165) is 0 Å². The Balaban J connectivity index is 2.61. The summed E-state index contributed by atoms with van der Waals surface area (Å²) in [5.74, 6) is -62.8. The van der Waals surface area contributed by atoms with Crippen LogP contribution in [0.25, 0.3) is 11.5 Å². The molecule has 0 aliphatic rings. The number of benzene rings is 1. The second kappa shape index (κ2) is 9.73. The molecule has 0 aliphatic carbocycles. The summed E-state index contributed by atoms with van der Waals surface area (Å²) in [6, 6.07) is -0.265. The Labute approximate surface area is 210 Å². The van der Waals surface area contributed by atoms with Crippen LogP contribution in [-0.2, 0) is 10.7 Å². The summed E-state index contributed by atoms with van der Waals surface area (Å²) in [4.78, 5) is 12.6. The van der Waals surface area contributed by atoms with Crippen molar-refractivity contribution in [3.8, 4) is 11.5 Å². The summed E-state index contributed by atoms with van der Waals surface area (Å²) in [5.41, 5.74) is -3.34. The molecule has 0 fully saturated rings. The van der Waals surface area contributed by atoms with Crippen molar-refractivity contribution in [3.63, 3.8) is 0 Å². The van der Waals surface area contributed by atoms with Gasteiger partial charge in [0.1, 0.15) is 18.0 Å².